The Bertz CT molecular complexity index is 1270. The Labute approximate surface area is 223 Å². The van der Waals surface area contributed by atoms with Crippen molar-refractivity contribution >= 4 is 29.9 Å². The third-order valence-corrected chi connectivity index (χ3v) is 9.01. The van der Waals surface area contributed by atoms with E-state index in [1.54, 1.807) is 0 Å². The first-order valence-electron chi connectivity index (χ1n) is 12.7. The summed E-state index contributed by atoms with van der Waals surface area (Å²) in [6.45, 7) is 3.82. The maximum atomic E-state index is 10.2. The molecule has 2 unspecified atom stereocenters. The van der Waals surface area contributed by atoms with Gasteiger partial charge in [-0.05, 0) is 56.6 Å². The number of fused-ring (bicyclic) bond motifs is 3. The van der Waals surface area contributed by atoms with Crippen molar-refractivity contribution in [2.45, 2.75) is 44.7 Å². The molecule has 1 aliphatic carbocycles. The van der Waals surface area contributed by atoms with Gasteiger partial charge in [0, 0.05) is 0 Å². The van der Waals surface area contributed by atoms with Crippen LogP contribution in [0.3, 0.4) is 0 Å². The van der Waals surface area contributed by atoms with Crippen LogP contribution in [0.2, 0.25) is 0 Å². The van der Waals surface area contributed by atoms with Crippen molar-refractivity contribution in [2.75, 3.05) is 0 Å². The van der Waals surface area contributed by atoms with Crippen molar-refractivity contribution in [3.8, 4) is 11.1 Å². The lowest BCUT2D eigenvalue weighted by Gasteiger charge is -2.37. The summed E-state index contributed by atoms with van der Waals surface area (Å²) in [6.07, 6.45) is -0.536. The monoisotopic (exact) mass is 522 g/mol. The summed E-state index contributed by atoms with van der Waals surface area (Å²) in [4.78, 5) is 0. The fourth-order valence-corrected chi connectivity index (χ4v) is 7.14. The molecular formula is C31H30O4Si2. The SMILES string of the molecule is CCC(O)O[Si]c1ccccc1C1(c2ccccc2[Si]OC(O)CC)c2ccccc2-c2ccccc21. The molecule has 5 rings (SSSR count). The van der Waals surface area contributed by atoms with Gasteiger partial charge < -0.3 is 19.1 Å². The highest BCUT2D eigenvalue weighted by atomic mass is 28.2. The molecule has 37 heavy (non-hydrogen) atoms. The maximum absolute atomic E-state index is 10.2. The van der Waals surface area contributed by atoms with Crippen LogP contribution in [0.4, 0.5) is 0 Å². The lowest BCUT2D eigenvalue weighted by molar-refractivity contribution is -0.0162. The predicted octanol–water partition coefficient (Wildman–Crippen LogP) is 4.03. The molecule has 0 fully saturated rings. The van der Waals surface area contributed by atoms with E-state index < -0.39 is 18.0 Å². The van der Waals surface area contributed by atoms with Crippen molar-refractivity contribution in [3.63, 3.8) is 0 Å². The fraction of sp³-hybridized carbons (Fsp3) is 0.226. The molecule has 0 bridgehead atoms. The predicted molar refractivity (Wildman–Crippen MR) is 149 cm³/mol. The van der Waals surface area contributed by atoms with Gasteiger partial charge in [-0.3, -0.25) is 0 Å². The molecular weight excluding hydrogens is 493 g/mol. The zero-order chi connectivity index (χ0) is 25.8. The summed E-state index contributed by atoms with van der Waals surface area (Å²) in [7, 11) is -0.0162. The van der Waals surface area contributed by atoms with Crippen molar-refractivity contribution in [3.05, 3.63) is 119 Å². The average molecular weight is 523 g/mol. The zero-order valence-electron chi connectivity index (χ0n) is 21.0. The Hall–Kier alpha value is -2.85. The number of hydrogen-bond acceptors (Lipinski definition) is 4. The van der Waals surface area contributed by atoms with Crippen LogP contribution in [-0.2, 0) is 14.3 Å². The van der Waals surface area contributed by atoms with Crippen LogP contribution in [-0.4, -0.2) is 42.3 Å². The number of aliphatic hydroxyl groups excluding tert-OH is 2. The highest BCUT2D eigenvalue weighted by Crippen LogP contribution is 2.55. The lowest BCUT2D eigenvalue weighted by atomic mass is 9.67. The summed E-state index contributed by atoms with van der Waals surface area (Å²) >= 11 is 0. The number of aliphatic hydroxyl groups is 2. The normalized spacial score (nSPS) is 15.1. The third kappa shape index (κ3) is 4.65. The fourth-order valence-electron chi connectivity index (χ4n) is 5.19. The third-order valence-electron chi connectivity index (χ3n) is 6.92. The summed E-state index contributed by atoms with van der Waals surface area (Å²) in [6, 6.07) is 34.0. The van der Waals surface area contributed by atoms with Gasteiger partial charge in [0.05, 0.1) is 5.41 Å². The van der Waals surface area contributed by atoms with E-state index in [0.717, 1.165) is 21.5 Å². The summed E-state index contributed by atoms with van der Waals surface area (Å²) < 4.78 is 11.8. The van der Waals surface area contributed by atoms with Crippen molar-refractivity contribution in [2.24, 2.45) is 0 Å². The summed E-state index contributed by atoms with van der Waals surface area (Å²) in [5, 5.41) is 22.5. The molecule has 0 spiro atoms. The summed E-state index contributed by atoms with van der Waals surface area (Å²) in [5.41, 5.74) is 6.47. The van der Waals surface area contributed by atoms with E-state index in [4.69, 9.17) is 8.85 Å². The molecule has 186 valence electrons. The number of rotatable bonds is 10. The standard InChI is InChI=1S/C31H30O4Si2/c1-3-29(32)34-36-27-19-11-9-17-25(27)31(26-18-10-12-20-28(26)37-35-30(33)4-2)23-15-7-5-13-21(23)22-14-6-8-16-24(22)31/h5-20,29-30,32-33H,3-4H2,1-2H3. The average Bonchev–Trinajstić information content (AvgIpc) is 3.26. The Morgan fingerprint density at radius 2 is 0.919 bits per heavy atom. The van der Waals surface area contributed by atoms with E-state index in [0.29, 0.717) is 12.8 Å². The van der Waals surface area contributed by atoms with E-state index in [-0.39, 0.29) is 19.5 Å². The molecule has 0 amide bonds. The van der Waals surface area contributed by atoms with Crippen LogP contribution in [0, 0.1) is 0 Å². The molecule has 0 saturated carbocycles. The molecule has 4 aromatic rings. The Morgan fingerprint density at radius 1 is 0.568 bits per heavy atom. The minimum Gasteiger partial charge on any atom is -0.387 e. The van der Waals surface area contributed by atoms with Gasteiger partial charge in [0.25, 0.3) is 19.5 Å². The number of benzene rings is 4. The van der Waals surface area contributed by atoms with E-state index in [2.05, 4.69) is 84.9 Å². The van der Waals surface area contributed by atoms with Gasteiger partial charge in [0.2, 0.25) is 0 Å². The second-order valence-corrected chi connectivity index (χ2v) is 11.1. The van der Waals surface area contributed by atoms with Crippen LogP contribution in [0.15, 0.2) is 97.1 Å². The van der Waals surface area contributed by atoms with Crippen molar-refractivity contribution in [1.29, 1.82) is 0 Å². The van der Waals surface area contributed by atoms with Gasteiger partial charge in [-0.25, -0.2) is 0 Å². The molecule has 0 aliphatic heterocycles. The second-order valence-electron chi connectivity index (χ2n) is 9.10. The van der Waals surface area contributed by atoms with Crippen LogP contribution in [0.5, 0.6) is 0 Å². The lowest BCUT2D eigenvalue weighted by Crippen LogP contribution is -2.42. The molecule has 2 atom stereocenters. The zero-order valence-corrected chi connectivity index (χ0v) is 23.0. The molecule has 0 heterocycles. The van der Waals surface area contributed by atoms with Gasteiger partial charge in [-0.1, -0.05) is 111 Å². The van der Waals surface area contributed by atoms with Crippen LogP contribution in [0.1, 0.15) is 48.9 Å². The first-order valence-corrected chi connectivity index (χ1v) is 14.5. The minimum absolute atomic E-state index is 0.00812. The van der Waals surface area contributed by atoms with Crippen molar-refractivity contribution < 1.29 is 19.1 Å². The summed E-state index contributed by atoms with van der Waals surface area (Å²) in [5.74, 6) is 0. The highest BCUT2D eigenvalue weighted by molar-refractivity contribution is 6.49. The molecule has 6 heteroatoms. The van der Waals surface area contributed by atoms with Crippen LogP contribution >= 0.6 is 0 Å². The van der Waals surface area contributed by atoms with E-state index in [1.807, 2.05) is 26.0 Å². The van der Waals surface area contributed by atoms with Gasteiger partial charge in [-0.2, -0.15) is 0 Å². The molecule has 2 N–H and O–H groups in total. The minimum atomic E-state index is -0.803. The number of hydrogen-bond donors (Lipinski definition) is 2. The second kappa shape index (κ2) is 11.3. The van der Waals surface area contributed by atoms with Gasteiger partial charge in [0.15, 0.2) is 0 Å². The quantitative estimate of drug-likeness (QED) is 0.215. The molecule has 0 aromatic heterocycles. The van der Waals surface area contributed by atoms with Gasteiger partial charge in [-0.15, -0.1) is 0 Å². The molecule has 4 aromatic carbocycles. The van der Waals surface area contributed by atoms with Crippen LogP contribution in [0.25, 0.3) is 11.1 Å². The van der Waals surface area contributed by atoms with E-state index in [1.165, 1.54) is 22.3 Å². The van der Waals surface area contributed by atoms with Gasteiger partial charge in [0.1, 0.15) is 12.6 Å². The highest BCUT2D eigenvalue weighted by Gasteiger charge is 2.48. The van der Waals surface area contributed by atoms with Crippen LogP contribution < -0.4 is 10.4 Å². The Kier molecular flexibility index (Phi) is 7.85. The maximum Gasteiger partial charge on any atom is 0.272 e. The van der Waals surface area contributed by atoms with Crippen molar-refractivity contribution in [1.82, 2.24) is 0 Å². The largest absolute Gasteiger partial charge is 0.387 e. The molecule has 4 nitrogen and oxygen atoms in total. The first kappa shape index (κ1) is 25.8. The smallest absolute Gasteiger partial charge is 0.272 e. The molecule has 1 aliphatic rings. The van der Waals surface area contributed by atoms with E-state index in [9.17, 15) is 10.2 Å². The topological polar surface area (TPSA) is 58.9 Å². The van der Waals surface area contributed by atoms with E-state index >= 15 is 0 Å². The van der Waals surface area contributed by atoms with Gasteiger partial charge >= 0.3 is 0 Å². The molecule has 4 radical (unpaired) electrons. The Balaban J connectivity index is 1.81. The first-order chi connectivity index (χ1) is 18.1. The molecule has 0 saturated heterocycles. The Morgan fingerprint density at radius 3 is 1.32 bits per heavy atom.